The molecule has 4 rings (SSSR count). The smallest absolute Gasteiger partial charge is 0.410 e. The Morgan fingerprint density at radius 2 is 1.74 bits per heavy atom. The van der Waals surface area contributed by atoms with Gasteiger partial charge in [-0.15, -0.1) is 0 Å². The normalized spacial score (nSPS) is 20.4. The van der Waals surface area contributed by atoms with E-state index in [1.807, 2.05) is 4.90 Å². The Morgan fingerprint density at radius 3 is 2.39 bits per heavy atom. The first kappa shape index (κ1) is 27.4. The highest BCUT2D eigenvalue weighted by Gasteiger charge is 2.42. The number of para-hydroxylation sites is 1. The summed E-state index contributed by atoms with van der Waals surface area (Å²) in [5.41, 5.74) is 2.79. The highest BCUT2D eigenvalue weighted by molar-refractivity contribution is 7.91. The highest BCUT2D eigenvalue weighted by Crippen LogP contribution is 2.31. The number of nitrogens with zero attached hydrogens (tertiary/aromatic N) is 2. The highest BCUT2D eigenvalue weighted by atomic mass is 32.2. The van der Waals surface area contributed by atoms with Crippen LogP contribution in [0.25, 0.3) is 0 Å². The lowest BCUT2D eigenvalue weighted by atomic mass is 10.0. The zero-order valence-electron chi connectivity index (χ0n) is 21.5. The van der Waals surface area contributed by atoms with Crippen LogP contribution in [0.1, 0.15) is 36.7 Å². The van der Waals surface area contributed by atoms with Gasteiger partial charge in [-0.1, -0.05) is 24.3 Å². The molecule has 2 atom stereocenters. The van der Waals surface area contributed by atoms with E-state index in [2.05, 4.69) is 5.32 Å². The van der Waals surface area contributed by atoms with Crippen molar-refractivity contribution >= 4 is 33.4 Å². The molecule has 1 fully saturated rings. The summed E-state index contributed by atoms with van der Waals surface area (Å²) in [7, 11) is -3.30. The maximum Gasteiger partial charge on any atom is 0.410 e. The standard InChI is InChI=1S/C26H32N4O7S/c1-26(2,3)37-25(33)30-15-19(24(32)28-34)20(16-30)27-23(31)18-10-8-17(9-11-18)14-29-12-13-38(35,36)22-7-5-4-6-21(22)29/h4-11,19-20,34H,12-16H2,1-3H3,(H,27,31)(H,28,32)/t19-,20+/m0/s1. The fourth-order valence-electron chi connectivity index (χ4n) is 4.61. The van der Waals surface area contributed by atoms with E-state index in [0.29, 0.717) is 29.2 Å². The molecule has 11 nitrogen and oxygen atoms in total. The van der Waals surface area contributed by atoms with E-state index in [1.54, 1.807) is 74.8 Å². The number of hydrogen-bond acceptors (Lipinski definition) is 8. The number of carbonyl (C=O) groups is 3. The van der Waals surface area contributed by atoms with Crippen LogP contribution in [0.5, 0.6) is 0 Å². The molecule has 0 unspecified atom stereocenters. The minimum atomic E-state index is -3.30. The summed E-state index contributed by atoms with van der Waals surface area (Å²) in [4.78, 5) is 41.3. The molecule has 2 aromatic carbocycles. The number of sulfone groups is 1. The molecule has 0 aromatic heterocycles. The number of anilines is 1. The predicted octanol–water partition coefficient (Wildman–Crippen LogP) is 1.95. The fourth-order valence-corrected chi connectivity index (χ4v) is 6.10. The first-order valence-electron chi connectivity index (χ1n) is 12.3. The Bertz CT molecular complexity index is 1320. The van der Waals surface area contributed by atoms with E-state index in [0.717, 1.165) is 5.56 Å². The SMILES string of the molecule is CC(C)(C)OC(=O)N1C[C@H](C(=O)NO)[C@H](NC(=O)c2ccc(CN3CCS(=O)(=O)c4ccccc43)cc2)C1. The van der Waals surface area contributed by atoms with E-state index in [9.17, 15) is 22.8 Å². The monoisotopic (exact) mass is 544 g/mol. The van der Waals surface area contributed by atoms with Crippen molar-refractivity contribution < 1.29 is 32.7 Å². The van der Waals surface area contributed by atoms with Crippen molar-refractivity contribution in [2.45, 2.75) is 43.9 Å². The molecular weight excluding hydrogens is 512 g/mol. The number of carbonyl (C=O) groups excluding carboxylic acids is 3. The van der Waals surface area contributed by atoms with Gasteiger partial charge in [0.2, 0.25) is 5.91 Å². The van der Waals surface area contributed by atoms with Crippen molar-refractivity contribution in [1.82, 2.24) is 15.7 Å². The molecule has 0 spiro atoms. The van der Waals surface area contributed by atoms with Gasteiger partial charge in [-0.3, -0.25) is 14.8 Å². The van der Waals surface area contributed by atoms with Crippen molar-refractivity contribution in [3.05, 3.63) is 59.7 Å². The van der Waals surface area contributed by atoms with Gasteiger partial charge in [0.25, 0.3) is 5.91 Å². The Labute approximate surface area is 221 Å². The number of rotatable bonds is 5. The summed E-state index contributed by atoms with van der Waals surface area (Å²) >= 11 is 0. The average Bonchev–Trinajstić information content (AvgIpc) is 3.29. The summed E-state index contributed by atoms with van der Waals surface area (Å²) in [6.45, 7) is 6.06. The maximum atomic E-state index is 13.0. The Hall–Kier alpha value is -3.64. The molecule has 2 aliphatic rings. The Balaban J connectivity index is 1.43. The quantitative estimate of drug-likeness (QED) is 0.383. The number of hydrogen-bond donors (Lipinski definition) is 3. The van der Waals surface area contributed by atoms with Crippen LogP contribution in [0.15, 0.2) is 53.4 Å². The van der Waals surface area contributed by atoms with E-state index in [1.165, 1.54) is 4.90 Å². The number of amides is 3. The molecule has 2 aliphatic heterocycles. The molecule has 3 N–H and O–H groups in total. The van der Waals surface area contributed by atoms with Crippen LogP contribution in [0, 0.1) is 5.92 Å². The van der Waals surface area contributed by atoms with Gasteiger partial charge in [0.05, 0.1) is 28.3 Å². The molecule has 38 heavy (non-hydrogen) atoms. The molecule has 12 heteroatoms. The number of fused-ring (bicyclic) bond motifs is 1. The number of nitrogens with one attached hydrogen (secondary N) is 2. The van der Waals surface area contributed by atoms with Crippen molar-refractivity contribution in [3.8, 4) is 0 Å². The van der Waals surface area contributed by atoms with Gasteiger partial charge in [0.15, 0.2) is 9.84 Å². The second kappa shape index (κ2) is 10.6. The van der Waals surface area contributed by atoms with Crippen molar-refractivity contribution in [1.29, 1.82) is 0 Å². The minimum Gasteiger partial charge on any atom is -0.444 e. The van der Waals surface area contributed by atoms with E-state index >= 15 is 0 Å². The van der Waals surface area contributed by atoms with Crippen LogP contribution in [0.3, 0.4) is 0 Å². The van der Waals surface area contributed by atoms with Crippen molar-refractivity contribution in [2.75, 3.05) is 30.3 Å². The van der Waals surface area contributed by atoms with Crippen LogP contribution < -0.4 is 15.7 Å². The van der Waals surface area contributed by atoms with Gasteiger partial charge in [0, 0.05) is 31.7 Å². The lowest BCUT2D eigenvalue weighted by Gasteiger charge is -2.31. The zero-order chi connectivity index (χ0) is 27.7. The van der Waals surface area contributed by atoms with Gasteiger partial charge in [-0.25, -0.2) is 18.7 Å². The van der Waals surface area contributed by atoms with Crippen molar-refractivity contribution in [2.24, 2.45) is 5.92 Å². The molecule has 0 radical (unpaired) electrons. The minimum absolute atomic E-state index is 0.0157. The molecule has 0 saturated carbocycles. The summed E-state index contributed by atoms with van der Waals surface area (Å²) in [6, 6.07) is 13.1. The first-order valence-corrected chi connectivity index (χ1v) is 13.9. The second-order valence-corrected chi connectivity index (χ2v) is 12.5. The lowest BCUT2D eigenvalue weighted by molar-refractivity contribution is -0.133. The molecule has 204 valence electrons. The molecule has 1 saturated heterocycles. The molecule has 3 amide bonds. The van der Waals surface area contributed by atoms with Crippen LogP contribution in [0.2, 0.25) is 0 Å². The van der Waals surface area contributed by atoms with Crippen molar-refractivity contribution in [3.63, 3.8) is 0 Å². The van der Waals surface area contributed by atoms with E-state index in [-0.39, 0.29) is 18.8 Å². The van der Waals surface area contributed by atoms with Crippen LogP contribution in [0.4, 0.5) is 10.5 Å². The number of ether oxygens (including phenoxy) is 1. The van der Waals surface area contributed by atoms with Crippen LogP contribution in [-0.4, -0.2) is 73.5 Å². The maximum absolute atomic E-state index is 13.0. The topological polar surface area (TPSA) is 145 Å². The molecular formula is C26H32N4O7S. The number of likely N-dealkylation sites (tertiary alicyclic amines) is 1. The van der Waals surface area contributed by atoms with Crippen LogP contribution in [-0.2, 0) is 25.9 Å². The first-order chi connectivity index (χ1) is 17.9. The number of benzene rings is 2. The predicted molar refractivity (Wildman–Crippen MR) is 138 cm³/mol. The largest absolute Gasteiger partial charge is 0.444 e. The third-order valence-corrected chi connectivity index (χ3v) is 8.23. The Morgan fingerprint density at radius 1 is 1.05 bits per heavy atom. The van der Waals surface area contributed by atoms with Gasteiger partial charge in [-0.2, -0.15) is 0 Å². The zero-order valence-corrected chi connectivity index (χ0v) is 22.3. The van der Waals surface area contributed by atoms with Gasteiger partial charge in [-0.05, 0) is 50.6 Å². The second-order valence-electron chi connectivity index (χ2n) is 10.5. The Kier molecular flexibility index (Phi) is 7.65. The molecule has 0 bridgehead atoms. The third-order valence-electron chi connectivity index (χ3n) is 6.50. The van der Waals surface area contributed by atoms with Gasteiger partial charge >= 0.3 is 6.09 Å². The van der Waals surface area contributed by atoms with Crippen LogP contribution >= 0.6 is 0 Å². The molecule has 2 aromatic rings. The lowest BCUT2D eigenvalue weighted by Crippen LogP contribution is -2.45. The molecule has 2 heterocycles. The third kappa shape index (κ3) is 6.08. The van der Waals surface area contributed by atoms with Gasteiger partial charge < -0.3 is 19.9 Å². The number of hydroxylamine groups is 1. The average molecular weight is 545 g/mol. The fraction of sp³-hybridized carbons (Fsp3) is 0.423. The van der Waals surface area contributed by atoms with Gasteiger partial charge in [0.1, 0.15) is 5.60 Å². The summed E-state index contributed by atoms with van der Waals surface area (Å²) in [5.74, 6) is -1.96. The molecule has 0 aliphatic carbocycles. The summed E-state index contributed by atoms with van der Waals surface area (Å²) < 4.78 is 30.2. The van der Waals surface area contributed by atoms with E-state index in [4.69, 9.17) is 9.94 Å². The summed E-state index contributed by atoms with van der Waals surface area (Å²) in [5, 5.41) is 11.9. The van der Waals surface area contributed by atoms with E-state index < -0.39 is 45.3 Å². The summed E-state index contributed by atoms with van der Waals surface area (Å²) in [6.07, 6.45) is -0.610.